The highest BCUT2D eigenvalue weighted by Crippen LogP contribution is 2.17. The van der Waals surface area contributed by atoms with Gasteiger partial charge in [0.1, 0.15) is 0 Å². The van der Waals surface area contributed by atoms with Crippen molar-refractivity contribution in [1.82, 2.24) is 9.62 Å². The smallest absolute Gasteiger partial charge is 0.241 e. The summed E-state index contributed by atoms with van der Waals surface area (Å²) >= 11 is 0. The first-order valence-electron chi connectivity index (χ1n) is 6.25. The number of sulfonamides is 1. The molecule has 4 nitrogen and oxygen atoms in total. The van der Waals surface area contributed by atoms with E-state index in [1.54, 1.807) is 12.1 Å². The second kappa shape index (κ2) is 5.38. The van der Waals surface area contributed by atoms with E-state index in [2.05, 4.69) is 16.7 Å². The van der Waals surface area contributed by atoms with Crippen molar-refractivity contribution in [2.75, 3.05) is 20.1 Å². The summed E-state index contributed by atoms with van der Waals surface area (Å²) in [4.78, 5) is 2.61. The van der Waals surface area contributed by atoms with Crippen LogP contribution in [0, 0.1) is 6.92 Å². The third-order valence-corrected chi connectivity index (χ3v) is 5.10. The van der Waals surface area contributed by atoms with Crippen LogP contribution in [0.1, 0.15) is 18.4 Å². The average molecular weight is 268 g/mol. The van der Waals surface area contributed by atoms with Crippen LogP contribution in [0.4, 0.5) is 0 Å². The Labute approximate surface area is 109 Å². The van der Waals surface area contributed by atoms with E-state index in [0.29, 0.717) is 4.90 Å². The summed E-state index contributed by atoms with van der Waals surface area (Å²) in [6.07, 6.45) is 1.75. The van der Waals surface area contributed by atoms with E-state index >= 15 is 0 Å². The van der Waals surface area contributed by atoms with Gasteiger partial charge >= 0.3 is 0 Å². The van der Waals surface area contributed by atoms with Crippen LogP contribution in [0.3, 0.4) is 0 Å². The first-order chi connectivity index (χ1) is 8.49. The molecular weight excluding hydrogens is 248 g/mol. The van der Waals surface area contributed by atoms with Gasteiger partial charge < -0.3 is 4.90 Å². The Kier molecular flexibility index (Phi) is 4.04. The van der Waals surface area contributed by atoms with E-state index in [0.717, 1.165) is 31.5 Å². The largest absolute Gasteiger partial charge is 0.306 e. The summed E-state index contributed by atoms with van der Waals surface area (Å²) in [7, 11) is -1.32. The molecule has 0 saturated carbocycles. The minimum absolute atomic E-state index is 0.0609. The van der Waals surface area contributed by atoms with Gasteiger partial charge in [-0.25, -0.2) is 13.1 Å². The summed E-state index contributed by atoms with van der Waals surface area (Å²) in [6, 6.07) is 7.15. The van der Waals surface area contributed by atoms with E-state index < -0.39 is 10.0 Å². The monoisotopic (exact) mass is 268 g/mol. The lowest BCUT2D eigenvalue weighted by molar-refractivity contribution is 0.248. The molecule has 5 heteroatoms. The fraction of sp³-hybridized carbons (Fsp3) is 0.538. The highest BCUT2D eigenvalue weighted by atomic mass is 32.2. The lowest BCUT2D eigenvalue weighted by Gasteiger charge is -2.29. The second-order valence-electron chi connectivity index (χ2n) is 4.96. The molecule has 18 heavy (non-hydrogen) atoms. The van der Waals surface area contributed by atoms with Crippen molar-refractivity contribution in [3.63, 3.8) is 0 Å². The van der Waals surface area contributed by atoms with E-state index in [1.165, 1.54) is 0 Å². The summed E-state index contributed by atoms with van der Waals surface area (Å²) in [6.45, 7) is 3.71. The van der Waals surface area contributed by atoms with Gasteiger partial charge in [0, 0.05) is 6.04 Å². The molecule has 0 spiro atoms. The van der Waals surface area contributed by atoms with Crippen LogP contribution in [0.15, 0.2) is 29.2 Å². The van der Waals surface area contributed by atoms with Gasteiger partial charge in [0.2, 0.25) is 10.0 Å². The van der Waals surface area contributed by atoms with Gasteiger partial charge in [-0.3, -0.25) is 0 Å². The van der Waals surface area contributed by atoms with Crippen LogP contribution < -0.4 is 4.72 Å². The number of benzene rings is 1. The summed E-state index contributed by atoms with van der Waals surface area (Å²) in [5.41, 5.74) is 0.790. The number of rotatable bonds is 3. The maximum atomic E-state index is 12.3. The van der Waals surface area contributed by atoms with Crippen molar-refractivity contribution in [2.24, 2.45) is 0 Å². The Morgan fingerprint density at radius 3 is 2.44 bits per heavy atom. The van der Waals surface area contributed by atoms with Gasteiger partial charge in [-0.15, -0.1) is 0 Å². The minimum Gasteiger partial charge on any atom is -0.306 e. The molecule has 1 saturated heterocycles. The summed E-state index contributed by atoms with van der Waals surface area (Å²) in [5.74, 6) is 0. The fourth-order valence-corrected chi connectivity index (χ4v) is 3.82. The van der Waals surface area contributed by atoms with Gasteiger partial charge in [0.15, 0.2) is 0 Å². The minimum atomic E-state index is -3.38. The van der Waals surface area contributed by atoms with E-state index in [-0.39, 0.29) is 6.04 Å². The molecule has 0 bridgehead atoms. The molecule has 1 aromatic carbocycles. The molecule has 0 unspecified atom stereocenters. The SMILES string of the molecule is Cc1ccccc1S(=O)(=O)NC1CCN(C)CC1. The van der Waals surface area contributed by atoms with E-state index in [9.17, 15) is 8.42 Å². The van der Waals surface area contributed by atoms with Crippen LogP contribution >= 0.6 is 0 Å². The number of likely N-dealkylation sites (tertiary alicyclic amines) is 1. The fourth-order valence-electron chi connectivity index (χ4n) is 2.27. The third kappa shape index (κ3) is 3.10. The number of nitrogens with zero attached hydrogens (tertiary/aromatic N) is 1. The Balaban J connectivity index is 2.11. The highest BCUT2D eigenvalue weighted by molar-refractivity contribution is 7.89. The number of hydrogen-bond donors (Lipinski definition) is 1. The average Bonchev–Trinajstić information content (AvgIpc) is 2.32. The second-order valence-corrected chi connectivity index (χ2v) is 6.65. The van der Waals surface area contributed by atoms with Gasteiger partial charge in [0.25, 0.3) is 0 Å². The predicted molar refractivity (Wildman–Crippen MR) is 72.0 cm³/mol. The highest BCUT2D eigenvalue weighted by Gasteiger charge is 2.24. The van der Waals surface area contributed by atoms with Crippen molar-refractivity contribution < 1.29 is 8.42 Å². The normalized spacial score (nSPS) is 19.0. The van der Waals surface area contributed by atoms with Crippen LogP contribution in [0.2, 0.25) is 0 Å². The first-order valence-corrected chi connectivity index (χ1v) is 7.74. The quantitative estimate of drug-likeness (QED) is 0.900. The van der Waals surface area contributed by atoms with Crippen molar-refractivity contribution in [1.29, 1.82) is 0 Å². The molecule has 2 rings (SSSR count). The predicted octanol–water partition coefficient (Wildman–Crippen LogP) is 1.37. The molecule has 1 fully saturated rings. The number of hydrogen-bond acceptors (Lipinski definition) is 3. The van der Waals surface area contributed by atoms with Crippen molar-refractivity contribution in [2.45, 2.75) is 30.7 Å². The lowest BCUT2D eigenvalue weighted by Crippen LogP contribution is -2.43. The van der Waals surface area contributed by atoms with Crippen LogP contribution in [-0.4, -0.2) is 39.5 Å². The maximum absolute atomic E-state index is 12.3. The third-order valence-electron chi connectivity index (χ3n) is 3.42. The Morgan fingerprint density at radius 1 is 1.22 bits per heavy atom. The number of nitrogens with one attached hydrogen (secondary N) is 1. The Morgan fingerprint density at radius 2 is 1.83 bits per heavy atom. The Bertz CT molecular complexity index is 505. The van der Waals surface area contributed by atoms with Crippen LogP contribution in [-0.2, 0) is 10.0 Å². The van der Waals surface area contributed by atoms with Crippen LogP contribution in [0.5, 0.6) is 0 Å². The number of aryl methyl sites for hydroxylation is 1. The molecule has 0 aromatic heterocycles. The summed E-state index contributed by atoms with van der Waals surface area (Å²) < 4.78 is 27.4. The first kappa shape index (κ1) is 13.5. The van der Waals surface area contributed by atoms with Gasteiger partial charge in [-0.1, -0.05) is 18.2 Å². The molecule has 0 amide bonds. The molecule has 1 aromatic rings. The van der Waals surface area contributed by atoms with Crippen LogP contribution in [0.25, 0.3) is 0 Å². The summed E-state index contributed by atoms with van der Waals surface area (Å²) in [5, 5.41) is 0. The van der Waals surface area contributed by atoms with Crippen molar-refractivity contribution in [3.05, 3.63) is 29.8 Å². The van der Waals surface area contributed by atoms with E-state index in [4.69, 9.17) is 0 Å². The lowest BCUT2D eigenvalue weighted by atomic mass is 10.1. The zero-order valence-electron chi connectivity index (χ0n) is 10.9. The van der Waals surface area contributed by atoms with Crippen molar-refractivity contribution in [3.8, 4) is 0 Å². The maximum Gasteiger partial charge on any atom is 0.241 e. The van der Waals surface area contributed by atoms with Gasteiger partial charge in [-0.2, -0.15) is 0 Å². The van der Waals surface area contributed by atoms with Gasteiger partial charge in [-0.05, 0) is 51.5 Å². The number of piperidine rings is 1. The molecule has 0 aliphatic carbocycles. The van der Waals surface area contributed by atoms with Crippen molar-refractivity contribution >= 4 is 10.0 Å². The Hall–Kier alpha value is -0.910. The topological polar surface area (TPSA) is 49.4 Å². The molecular formula is C13H20N2O2S. The van der Waals surface area contributed by atoms with E-state index in [1.807, 2.05) is 19.1 Å². The molecule has 0 radical (unpaired) electrons. The molecule has 1 aliphatic rings. The molecule has 1 aliphatic heterocycles. The zero-order valence-corrected chi connectivity index (χ0v) is 11.7. The zero-order chi connectivity index (χ0) is 13.2. The molecule has 100 valence electrons. The standard InChI is InChI=1S/C13H20N2O2S/c1-11-5-3-4-6-13(11)18(16,17)14-12-7-9-15(2)10-8-12/h3-6,12,14H,7-10H2,1-2H3. The molecule has 1 N–H and O–H groups in total. The molecule has 1 heterocycles. The van der Waals surface area contributed by atoms with Gasteiger partial charge in [0.05, 0.1) is 4.90 Å². The molecule has 0 atom stereocenters.